The van der Waals surface area contributed by atoms with Crippen LogP contribution < -0.4 is 16.0 Å². The first-order chi connectivity index (χ1) is 13.2. The second kappa shape index (κ2) is 8.92. The lowest BCUT2D eigenvalue weighted by molar-refractivity contribution is 0.0955. The Bertz CT molecular complexity index is 936. The van der Waals surface area contributed by atoms with Crippen molar-refractivity contribution >= 4 is 23.2 Å². The summed E-state index contributed by atoms with van der Waals surface area (Å²) < 4.78 is 0. The number of pyridine rings is 1. The van der Waals surface area contributed by atoms with Gasteiger partial charge in [0.05, 0.1) is 11.6 Å². The summed E-state index contributed by atoms with van der Waals surface area (Å²) >= 11 is 0. The lowest BCUT2D eigenvalue weighted by Gasteiger charge is -2.08. The summed E-state index contributed by atoms with van der Waals surface area (Å²) in [4.78, 5) is 16.0. The Labute approximate surface area is 156 Å². The van der Waals surface area contributed by atoms with Crippen LogP contribution in [-0.2, 0) is 0 Å². The van der Waals surface area contributed by atoms with Crippen molar-refractivity contribution in [2.45, 2.75) is 0 Å². The molecule has 3 aromatic rings. The number of hydrogen-bond donors (Lipinski definition) is 3. The van der Waals surface area contributed by atoms with E-state index in [4.69, 9.17) is 5.26 Å². The van der Waals surface area contributed by atoms with Crippen molar-refractivity contribution in [2.75, 3.05) is 23.7 Å². The SMILES string of the molecule is N#Cc1cccc(C(=O)NCCNc2ccc(Nc3ccncc3)nn2)c1. The van der Waals surface area contributed by atoms with E-state index in [-0.39, 0.29) is 5.91 Å². The van der Waals surface area contributed by atoms with Crippen LogP contribution in [0.25, 0.3) is 0 Å². The van der Waals surface area contributed by atoms with Crippen molar-refractivity contribution in [3.05, 3.63) is 72.1 Å². The van der Waals surface area contributed by atoms with Crippen LogP contribution in [0.5, 0.6) is 0 Å². The number of benzene rings is 1. The number of carbonyl (C=O) groups excluding carboxylic acids is 1. The molecule has 8 nitrogen and oxygen atoms in total. The molecule has 1 aromatic carbocycles. The molecule has 2 aromatic heterocycles. The highest BCUT2D eigenvalue weighted by molar-refractivity contribution is 5.94. The number of hydrogen-bond acceptors (Lipinski definition) is 7. The van der Waals surface area contributed by atoms with E-state index >= 15 is 0 Å². The average Bonchev–Trinajstić information content (AvgIpc) is 2.73. The number of nitrogens with zero attached hydrogens (tertiary/aromatic N) is 4. The molecule has 0 fully saturated rings. The van der Waals surface area contributed by atoms with Crippen LogP contribution in [0.3, 0.4) is 0 Å². The van der Waals surface area contributed by atoms with Gasteiger partial charge in [-0.05, 0) is 42.5 Å². The highest BCUT2D eigenvalue weighted by Gasteiger charge is 2.05. The minimum Gasteiger partial charge on any atom is -0.367 e. The lowest BCUT2D eigenvalue weighted by atomic mass is 10.1. The summed E-state index contributed by atoms with van der Waals surface area (Å²) in [6.07, 6.45) is 3.38. The van der Waals surface area contributed by atoms with E-state index in [1.54, 1.807) is 42.7 Å². The van der Waals surface area contributed by atoms with E-state index in [0.29, 0.717) is 35.9 Å². The third-order valence-corrected chi connectivity index (χ3v) is 3.59. The second-order valence-corrected chi connectivity index (χ2v) is 5.54. The molecule has 0 aliphatic rings. The zero-order valence-corrected chi connectivity index (χ0v) is 14.4. The van der Waals surface area contributed by atoms with Gasteiger partial charge in [0.15, 0.2) is 5.82 Å². The van der Waals surface area contributed by atoms with Gasteiger partial charge in [0.1, 0.15) is 5.82 Å². The Hall–Kier alpha value is -3.99. The largest absolute Gasteiger partial charge is 0.367 e. The minimum absolute atomic E-state index is 0.225. The Balaban J connectivity index is 1.44. The zero-order valence-electron chi connectivity index (χ0n) is 14.4. The number of nitrogens with one attached hydrogen (secondary N) is 3. The van der Waals surface area contributed by atoms with Crippen molar-refractivity contribution in [1.82, 2.24) is 20.5 Å². The fraction of sp³-hybridized carbons (Fsp3) is 0.105. The summed E-state index contributed by atoms with van der Waals surface area (Å²) in [5.41, 5.74) is 1.79. The van der Waals surface area contributed by atoms with Crippen molar-refractivity contribution in [1.29, 1.82) is 5.26 Å². The van der Waals surface area contributed by atoms with Crippen LogP contribution >= 0.6 is 0 Å². The molecule has 0 spiro atoms. The number of rotatable bonds is 7. The van der Waals surface area contributed by atoms with Gasteiger partial charge in [-0.2, -0.15) is 5.26 Å². The topological polar surface area (TPSA) is 116 Å². The zero-order chi connectivity index (χ0) is 18.9. The minimum atomic E-state index is -0.225. The number of amides is 1. The highest BCUT2D eigenvalue weighted by Crippen LogP contribution is 2.13. The van der Waals surface area contributed by atoms with Crippen LogP contribution in [0.2, 0.25) is 0 Å². The van der Waals surface area contributed by atoms with Crippen LogP contribution in [0.1, 0.15) is 15.9 Å². The highest BCUT2D eigenvalue weighted by atomic mass is 16.1. The Morgan fingerprint density at radius 2 is 1.78 bits per heavy atom. The van der Waals surface area contributed by atoms with E-state index < -0.39 is 0 Å². The van der Waals surface area contributed by atoms with E-state index in [9.17, 15) is 4.79 Å². The summed E-state index contributed by atoms with van der Waals surface area (Å²) in [5, 5.41) is 26.0. The van der Waals surface area contributed by atoms with Gasteiger partial charge < -0.3 is 16.0 Å². The number of nitriles is 1. The molecule has 3 N–H and O–H groups in total. The van der Waals surface area contributed by atoms with E-state index in [0.717, 1.165) is 5.69 Å². The van der Waals surface area contributed by atoms with Crippen LogP contribution in [-0.4, -0.2) is 34.2 Å². The third kappa shape index (κ3) is 5.24. The fourth-order valence-corrected chi connectivity index (χ4v) is 2.27. The molecule has 0 aliphatic heterocycles. The maximum Gasteiger partial charge on any atom is 0.251 e. The van der Waals surface area contributed by atoms with Gasteiger partial charge >= 0.3 is 0 Å². The van der Waals surface area contributed by atoms with E-state index in [1.807, 2.05) is 24.3 Å². The van der Waals surface area contributed by atoms with Gasteiger partial charge in [-0.1, -0.05) is 6.07 Å². The number of aromatic nitrogens is 3. The van der Waals surface area contributed by atoms with Gasteiger partial charge in [-0.3, -0.25) is 9.78 Å². The quantitative estimate of drug-likeness (QED) is 0.554. The lowest BCUT2D eigenvalue weighted by Crippen LogP contribution is -2.28. The van der Waals surface area contributed by atoms with Crippen LogP contribution in [0.4, 0.5) is 17.3 Å². The second-order valence-electron chi connectivity index (χ2n) is 5.54. The van der Waals surface area contributed by atoms with Gasteiger partial charge in [0.25, 0.3) is 5.91 Å². The third-order valence-electron chi connectivity index (χ3n) is 3.59. The van der Waals surface area contributed by atoms with Gasteiger partial charge in [0.2, 0.25) is 0 Å². The van der Waals surface area contributed by atoms with Gasteiger partial charge in [-0.15, -0.1) is 10.2 Å². The van der Waals surface area contributed by atoms with E-state index in [2.05, 4.69) is 31.1 Å². The van der Waals surface area contributed by atoms with E-state index in [1.165, 1.54) is 0 Å². The summed E-state index contributed by atoms with van der Waals surface area (Å²) in [6, 6.07) is 15.9. The predicted molar refractivity (Wildman–Crippen MR) is 102 cm³/mol. The number of anilines is 3. The van der Waals surface area contributed by atoms with Crippen molar-refractivity contribution < 1.29 is 4.79 Å². The first kappa shape index (κ1) is 17.8. The molecule has 3 rings (SSSR count). The molecule has 134 valence electrons. The molecule has 2 heterocycles. The summed E-state index contributed by atoms with van der Waals surface area (Å²) in [7, 11) is 0. The van der Waals surface area contributed by atoms with Crippen molar-refractivity contribution in [3.63, 3.8) is 0 Å². The van der Waals surface area contributed by atoms with Crippen molar-refractivity contribution in [3.8, 4) is 6.07 Å². The molecule has 0 saturated heterocycles. The van der Waals surface area contributed by atoms with Gasteiger partial charge in [0, 0.05) is 36.7 Å². The summed E-state index contributed by atoms with van der Waals surface area (Å²) in [6.45, 7) is 0.907. The molecule has 0 saturated carbocycles. The smallest absolute Gasteiger partial charge is 0.251 e. The molecule has 0 atom stereocenters. The molecule has 27 heavy (non-hydrogen) atoms. The number of carbonyl (C=O) groups is 1. The Morgan fingerprint density at radius 3 is 2.52 bits per heavy atom. The maximum atomic E-state index is 12.1. The van der Waals surface area contributed by atoms with Gasteiger partial charge in [-0.25, -0.2) is 0 Å². The molecule has 8 heteroatoms. The molecule has 0 radical (unpaired) electrons. The Kier molecular flexibility index (Phi) is 5.89. The molecule has 0 aliphatic carbocycles. The molecule has 1 amide bonds. The van der Waals surface area contributed by atoms with Crippen LogP contribution in [0.15, 0.2) is 60.9 Å². The average molecular weight is 359 g/mol. The first-order valence-corrected chi connectivity index (χ1v) is 8.27. The standard InChI is InChI=1S/C19H17N7O/c20-13-14-2-1-3-15(12-14)19(27)23-11-10-22-17-4-5-18(26-25-17)24-16-6-8-21-9-7-16/h1-9,12H,10-11H2,(H,22,25)(H,23,27)(H,21,24,26). The molecular formula is C19H17N7O. The van der Waals surface area contributed by atoms with Crippen LogP contribution in [0, 0.1) is 11.3 Å². The fourth-order valence-electron chi connectivity index (χ4n) is 2.27. The molecule has 0 bridgehead atoms. The maximum absolute atomic E-state index is 12.1. The predicted octanol–water partition coefficient (Wildman–Crippen LogP) is 2.33. The van der Waals surface area contributed by atoms with Crippen molar-refractivity contribution in [2.24, 2.45) is 0 Å². The Morgan fingerprint density at radius 1 is 1.00 bits per heavy atom. The molecular weight excluding hydrogens is 342 g/mol. The molecule has 0 unspecified atom stereocenters. The normalized spacial score (nSPS) is 9.89. The first-order valence-electron chi connectivity index (χ1n) is 8.27. The monoisotopic (exact) mass is 359 g/mol. The summed E-state index contributed by atoms with van der Waals surface area (Å²) in [5.74, 6) is 1.00.